The minimum atomic E-state index is -1.30. The van der Waals surface area contributed by atoms with Crippen LogP contribution in [0.25, 0.3) is 0 Å². The van der Waals surface area contributed by atoms with E-state index in [-0.39, 0.29) is 6.54 Å². The molecule has 0 bridgehead atoms. The van der Waals surface area contributed by atoms with E-state index >= 15 is 0 Å². The van der Waals surface area contributed by atoms with Crippen LogP contribution in [0.4, 0.5) is 19.3 Å². The summed E-state index contributed by atoms with van der Waals surface area (Å²) >= 11 is 0. The van der Waals surface area contributed by atoms with Gasteiger partial charge in [0.15, 0.2) is 0 Å². The van der Waals surface area contributed by atoms with E-state index in [0.717, 1.165) is 12.1 Å². The predicted molar refractivity (Wildman–Crippen MR) is 79.4 cm³/mol. The second kappa shape index (κ2) is 6.53. The van der Waals surface area contributed by atoms with Crippen molar-refractivity contribution in [2.45, 2.75) is 12.5 Å². The van der Waals surface area contributed by atoms with Gasteiger partial charge < -0.3 is 15.7 Å². The fourth-order valence-corrected chi connectivity index (χ4v) is 1.93. The number of amides is 2. The van der Waals surface area contributed by atoms with Gasteiger partial charge in [-0.25, -0.2) is 13.6 Å². The van der Waals surface area contributed by atoms with Crippen molar-refractivity contribution in [3.8, 4) is 0 Å². The Kier molecular flexibility index (Phi) is 4.72. The second-order valence-corrected chi connectivity index (χ2v) is 5.04. The third kappa shape index (κ3) is 3.79. The highest BCUT2D eigenvalue weighted by Gasteiger charge is 2.23. The summed E-state index contributed by atoms with van der Waals surface area (Å²) < 4.78 is 26.8. The minimum absolute atomic E-state index is 0.112. The first-order valence-electron chi connectivity index (χ1n) is 6.67. The summed E-state index contributed by atoms with van der Waals surface area (Å²) in [4.78, 5) is 11.7. The van der Waals surface area contributed by atoms with Gasteiger partial charge >= 0.3 is 6.03 Å². The number of hydrogen-bond donors (Lipinski definition) is 3. The quantitative estimate of drug-likeness (QED) is 0.813. The highest BCUT2D eigenvalue weighted by atomic mass is 19.1. The number of rotatable bonds is 4. The summed E-state index contributed by atoms with van der Waals surface area (Å²) in [7, 11) is 0. The zero-order valence-electron chi connectivity index (χ0n) is 11.9. The van der Waals surface area contributed by atoms with Gasteiger partial charge in [-0.1, -0.05) is 36.4 Å². The van der Waals surface area contributed by atoms with Gasteiger partial charge in [0.1, 0.15) is 22.9 Å². The Morgan fingerprint density at radius 3 is 2.27 bits per heavy atom. The van der Waals surface area contributed by atoms with E-state index in [0.29, 0.717) is 5.56 Å². The van der Waals surface area contributed by atoms with Gasteiger partial charge in [0.25, 0.3) is 0 Å². The van der Waals surface area contributed by atoms with Crippen molar-refractivity contribution in [3.63, 3.8) is 0 Å². The first kappa shape index (κ1) is 15.9. The van der Waals surface area contributed by atoms with Gasteiger partial charge in [0.05, 0.1) is 6.54 Å². The number of benzene rings is 2. The molecule has 0 aliphatic carbocycles. The van der Waals surface area contributed by atoms with Crippen molar-refractivity contribution < 1.29 is 18.7 Å². The Bertz CT molecular complexity index is 640. The van der Waals surface area contributed by atoms with E-state index in [9.17, 15) is 18.7 Å². The second-order valence-electron chi connectivity index (χ2n) is 5.04. The van der Waals surface area contributed by atoms with Gasteiger partial charge in [0.2, 0.25) is 0 Å². The van der Waals surface area contributed by atoms with E-state index in [1.807, 2.05) is 0 Å². The van der Waals surface area contributed by atoms with Crippen LogP contribution in [0.5, 0.6) is 0 Å². The molecule has 4 nitrogen and oxygen atoms in total. The first-order chi connectivity index (χ1) is 10.4. The molecule has 2 amide bonds. The van der Waals surface area contributed by atoms with Crippen LogP contribution in [0, 0.1) is 11.6 Å². The van der Waals surface area contributed by atoms with Crippen LogP contribution in [0.3, 0.4) is 0 Å². The van der Waals surface area contributed by atoms with Crippen LogP contribution < -0.4 is 10.6 Å². The first-order valence-corrected chi connectivity index (χ1v) is 6.67. The average Bonchev–Trinajstić information content (AvgIpc) is 2.50. The number of nitrogens with one attached hydrogen (secondary N) is 2. The predicted octanol–water partition coefficient (Wildman–Crippen LogP) is 2.99. The maximum absolute atomic E-state index is 13.4. The monoisotopic (exact) mass is 306 g/mol. The summed E-state index contributed by atoms with van der Waals surface area (Å²) in [6.45, 7) is 1.42. The number of carbonyl (C=O) groups is 1. The molecule has 0 aliphatic heterocycles. The topological polar surface area (TPSA) is 61.4 Å². The number of urea groups is 1. The maximum atomic E-state index is 13.4. The summed E-state index contributed by atoms with van der Waals surface area (Å²) in [6, 6.07) is 11.2. The molecule has 0 saturated heterocycles. The smallest absolute Gasteiger partial charge is 0.319 e. The molecule has 0 aliphatic rings. The molecule has 2 aromatic carbocycles. The SMILES string of the molecule is CC(O)(CNC(=O)Nc1c(F)cccc1F)c1ccccc1. The molecule has 2 rings (SSSR count). The molecule has 1 atom stereocenters. The Morgan fingerprint density at radius 1 is 1.09 bits per heavy atom. The Hall–Kier alpha value is -2.47. The van der Waals surface area contributed by atoms with Gasteiger partial charge in [-0.2, -0.15) is 0 Å². The molecule has 2 aromatic rings. The zero-order chi connectivity index (χ0) is 16.2. The summed E-state index contributed by atoms with van der Waals surface area (Å²) in [5.74, 6) is -1.74. The number of anilines is 1. The third-order valence-corrected chi connectivity index (χ3v) is 3.19. The van der Waals surface area contributed by atoms with Crippen molar-refractivity contribution in [1.29, 1.82) is 0 Å². The molecular weight excluding hydrogens is 290 g/mol. The molecule has 0 spiro atoms. The number of aliphatic hydroxyl groups is 1. The van der Waals surface area contributed by atoms with Crippen molar-refractivity contribution >= 4 is 11.7 Å². The molecule has 1 unspecified atom stereocenters. The highest BCUT2D eigenvalue weighted by Crippen LogP contribution is 2.20. The minimum Gasteiger partial charge on any atom is -0.384 e. The largest absolute Gasteiger partial charge is 0.384 e. The number of carbonyl (C=O) groups excluding carboxylic acids is 1. The number of hydrogen-bond acceptors (Lipinski definition) is 2. The summed E-state index contributed by atoms with van der Waals surface area (Å²) in [5.41, 5.74) is -1.21. The Morgan fingerprint density at radius 2 is 1.68 bits per heavy atom. The van der Waals surface area contributed by atoms with Crippen molar-refractivity contribution in [2.24, 2.45) is 0 Å². The van der Waals surface area contributed by atoms with Gasteiger partial charge in [0, 0.05) is 0 Å². The van der Waals surface area contributed by atoms with Crippen LogP contribution in [0.15, 0.2) is 48.5 Å². The molecule has 22 heavy (non-hydrogen) atoms. The summed E-state index contributed by atoms with van der Waals surface area (Å²) in [6.07, 6.45) is 0. The molecular formula is C16H16F2N2O2. The number of halogens is 2. The maximum Gasteiger partial charge on any atom is 0.319 e. The van der Waals surface area contributed by atoms with E-state index in [1.165, 1.54) is 13.0 Å². The molecule has 6 heteroatoms. The zero-order valence-corrected chi connectivity index (χ0v) is 11.9. The molecule has 0 heterocycles. The van der Waals surface area contributed by atoms with Crippen molar-refractivity contribution in [2.75, 3.05) is 11.9 Å². The molecule has 116 valence electrons. The molecule has 0 radical (unpaired) electrons. The van der Waals surface area contributed by atoms with E-state index in [2.05, 4.69) is 10.6 Å². The number of para-hydroxylation sites is 1. The fraction of sp³-hybridized carbons (Fsp3) is 0.188. The van der Waals surface area contributed by atoms with Crippen LogP contribution >= 0.6 is 0 Å². The lowest BCUT2D eigenvalue weighted by Crippen LogP contribution is -2.40. The fourth-order valence-electron chi connectivity index (χ4n) is 1.93. The lowest BCUT2D eigenvalue weighted by atomic mass is 9.96. The third-order valence-electron chi connectivity index (χ3n) is 3.19. The molecule has 0 saturated carbocycles. The summed E-state index contributed by atoms with van der Waals surface area (Å²) in [5, 5.41) is 14.8. The van der Waals surface area contributed by atoms with E-state index in [1.54, 1.807) is 30.3 Å². The van der Waals surface area contributed by atoms with Gasteiger partial charge in [-0.05, 0) is 24.6 Å². The van der Waals surface area contributed by atoms with Crippen LogP contribution in [0.2, 0.25) is 0 Å². The van der Waals surface area contributed by atoms with Crippen LogP contribution in [0.1, 0.15) is 12.5 Å². The molecule has 3 N–H and O–H groups in total. The normalized spacial score (nSPS) is 13.3. The lowest BCUT2D eigenvalue weighted by Gasteiger charge is -2.24. The van der Waals surface area contributed by atoms with E-state index in [4.69, 9.17) is 0 Å². The van der Waals surface area contributed by atoms with E-state index < -0.39 is 29.0 Å². The average molecular weight is 306 g/mol. The molecule has 0 fully saturated rings. The lowest BCUT2D eigenvalue weighted by molar-refractivity contribution is 0.0599. The van der Waals surface area contributed by atoms with Crippen molar-refractivity contribution in [1.82, 2.24) is 5.32 Å². The highest BCUT2D eigenvalue weighted by molar-refractivity contribution is 5.89. The van der Waals surface area contributed by atoms with Gasteiger partial charge in [-0.3, -0.25) is 0 Å². The Labute approximate surface area is 126 Å². The molecule has 0 aromatic heterocycles. The standard InChI is InChI=1S/C16H16F2N2O2/c1-16(22,11-6-3-2-4-7-11)10-19-15(21)20-14-12(17)8-5-9-13(14)18/h2-9,22H,10H2,1H3,(H2,19,20,21). The van der Waals surface area contributed by atoms with Crippen molar-refractivity contribution in [3.05, 3.63) is 65.7 Å². The Balaban J connectivity index is 1.99. The van der Waals surface area contributed by atoms with Crippen LogP contribution in [-0.2, 0) is 5.60 Å². The van der Waals surface area contributed by atoms with Crippen LogP contribution in [-0.4, -0.2) is 17.7 Å². The van der Waals surface area contributed by atoms with Gasteiger partial charge in [-0.15, -0.1) is 0 Å².